The molecular formula is C12H12NO4. The maximum absolute atomic E-state index is 11.4. The summed E-state index contributed by atoms with van der Waals surface area (Å²) >= 11 is 0. The van der Waals surface area contributed by atoms with E-state index in [1.807, 2.05) is 0 Å². The van der Waals surface area contributed by atoms with E-state index in [9.17, 15) is 9.59 Å². The van der Waals surface area contributed by atoms with Gasteiger partial charge in [0.15, 0.2) is 0 Å². The number of anilines is 1. The lowest BCUT2D eigenvalue weighted by Crippen LogP contribution is -2.15. The topological polar surface area (TPSA) is 78.6 Å². The molecule has 0 fully saturated rings. The summed E-state index contributed by atoms with van der Waals surface area (Å²) in [6, 6.07) is 7.64. The van der Waals surface area contributed by atoms with Gasteiger partial charge in [-0.1, -0.05) is 6.07 Å². The maximum Gasteiger partial charge on any atom is 0.345 e. The number of rotatable bonds is 3. The van der Waals surface area contributed by atoms with Crippen molar-refractivity contribution in [1.29, 1.82) is 0 Å². The van der Waals surface area contributed by atoms with Crippen molar-refractivity contribution in [3.63, 3.8) is 0 Å². The predicted molar refractivity (Wildman–Crippen MR) is 61.7 cm³/mol. The van der Waals surface area contributed by atoms with Crippen LogP contribution in [0.2, 0.25) is 0 Å². The highest BCUT2D eigenvalue weighted by atomic mass is 16.5. The first-order valence-corrected chi connectivity index (χ1v) is 4.74. The molecule has 0 aliphatic carbocycles. The van der Waals surface area contributed by atoms with Crippen LogP contribution >= 0.6 is 0 Å². The van der Waals surface area contributed by atoms with Crippen molar-refractivity contribution in [3.8, 4) is 0 Å². The van der Waals surface area contributed by atoms with Crippen LogP contribution in [-0.2, 0) is 19.1 Å². The van der Waals surface area contributed by atoms with Crippen LogP contribution in [0.1, 0.15) is 5.56 Å². The molecule has 0 saturated carbocycles. The Kier molecular flexibility index (Phi) is 4.28. The van der Waals surface area contributed by atoms with E-state index in [4.69, 9.17) is 5.73 Å². The molecule has 0 aliphatic heterocycles. The molecule has 17 heavy (non-hydrogen) atoms. The van der Waals surface area contributed by atoms with Gasteiger partial charge in [0.2, 0.25) is 0 Å². The van der Waals surface area contributed by atoms with E-state index in [1.54, 1.807) is 18.2 Å². The lowest BCUT2D eigenvalue weighted by molar-refractivity contribution is -0.143. The molecule has 0 atom stereocenters. The molecule has 0 amide bonds. The van der Waals surface area contributed by atoms with Crippen LogP contribution < -0.4 is 5.73 Å². The monoisotopic (exact) mass is 234 g/mol. The predicted octanol–water partition coefficient (Wildman–Crippen LogP) is 0.798. The number of methoxy groups -OCH3 is 2. The maximum atomic E-state index is 11.4. The van der Waals surface area contributed by atoms with Gasteiger partial charge in [0.25, 0.3) is 0 Å². The van der Waals surface area contributed by atoms with Gasteiger partial charge < -0.3 is 15.2 Å². The molecule has 2 N–H and O–H groups in total. The van der Waals surface area contributed by atoms with Crippen molar-refractivity contribution in [2.24, 2.45) is 0 Å². The first-order chi connectivity index (χ1) is 8.08. The first kappa shape index (κ1) is 12.8. The summed E-state index contributed by atoms with van der Waals surface area (Å²) in [5, 5.41) is 0. The molecule has 0 aromatic heterocycles. The van der Waals surface area contributed by atoms with Crippen molar-refractivity contribution in [3.05, 3.63) is 35.4 Å². The molecule has 0 spiro atoms. The van der Waals surface area contributed by atoms with Gasteiger partial charge in [-0.3, -0.25) is 0 Å². The number of ether oxygens (including phenoxy) is 2. The zero-order valence-electron chi connectivity index (χ0n) is 9.52. The number of carbonyl (C=O) groups is 2. The smallest absolute Gasteiger partial charge is 0.345 e. The fourth-order valence-corrected chi connectivity index (χ4v) is 1.16. The molecular weight excluding hydrogens is 222 g/mol. The summed E-state index contributed by atoms with van der Waals surface area (Å²) in [7, 11) is 2.37. The van der Waals surface area contributed by atoms with Crippen LogP contribution in [0.3, 0.4) is 0 Å². The minimum atomic E-state index is -0.771. The molecule has 0 aliphatic rings. The van der Waals surface area contributed by atoms with Gasteiger partial charge in [-0.05, 0) is 29.8 Å². The molecule has 5 nitrogen and oxygen atoms in total. The Balaban J connectivity index is 3.13. The molecule has 0 bridgehead atoms. The Hall–Kier alpha value is -2.30. The molecule has 0 saturated heterocycles. The lowest BCUT2D eigenvalue weighted by atomic mass is 10.1. The van der Waals surface area contributed by atoms with E-state index >= 15 is 0 Å². The summed E-state index contributed by atoms with van der Waals surface area (Å²) in [4.78, 5) is 22.7. The van der Waals surface area contributed by atoms with Crippen LogP contribution in [-0.4, -0.2) is 26.2 Å². The number of esters is 2. The highest BCUT2D eigenvalue weighted by Gasteiger charge is 2.19. The second kappa shape index (κ2) is 5.69. The average Bonchev–Trinajstić information content (AvgIpc) is 2.34. The average molecular weight is 234 g/mol. The number of carbonyl (C=O) groups excluding carboxylic acids is 2. The van der Waals surface area contributed by atoms with Gasteiger partial charge in [-0.25, -0.2) is 9.59 Å². The molecule has 89 valence electrons. The molecule has 1 aromatic rings. The largest absolute Gasteiger partial charge is 0.465 e. The molecule has 0 heterocycles. The number of benzene rings is 1. The summed E-state index contributed by atoms with van der Waals surface area (Å²) in [5.41, 5.74) is 6.36. The van der Waals surface area contributed by atoms with Crippen LogP contribution in [0.15, 0.2) is 23.8 Å². The van der Waals surface area contributed by atoms with Crippen LogP contribution in [0, 0.1) is 6.07 Å². The Labute approximate surface area is 98.8 Å². The fourth-order valence-electron chi connectivity index (χ4n) is 1.16. The molecule has 1 radical (unpaired) electrons. The summed E-state index contributed by atoms with van der Waals surface area (Å²) in [6.45, 7) is 0. The van der Waals surface area contributed by atoms with E-state index in [1.165, 1.54) is 20.3 Å². The lowest BCUT2D eigenvalue weighted by Gasteiger charge is -2.03. The van der Waals surface area contributed by atoms with E-state index in [0.29, 0.717) is 11.3 Å². The van der Waals surface area contributed by atoms with Gasteiger partial charge in [-0.2, -0.15) is 0 Å². The van der Waals surface area contributed by atoms with Gasteiger partial charge >= 0.3 is 11.9 Å². The van der Waals surface area contributed by atoms with E-state index in [2.05, 4.69) is 15.5 Å². The zero-order chi connectivity index (χ0) is 12.8. The first-order valence-electron chi connectivity index (χ1n) is 4.74. The standard InChI is InChI=1S/C12H12NO4/c1-16-11(14)10(12(15)17-2)7-8-4-3-5-9(13)6-8/h3,5-7H,13H2,1-2H3. The third-order valence-corrected chi connectivity index (χ3v) is 1.96. The summed E-state index contributed by atoms with van der Waals surface area (Å²) in [6.07, 6.45) is 1.31. The van der Waals surface area contributed by atoms with E-state index < -0.39 is 11.9 Å². The minimum absolute atomic E-state index is 0.211. The highest BCUT2D eigenvalue weighted by molar-refractivity contribution is 6.17. The van der Waals surface area contributed by atoms with E-state index in [-0.39, 0.29) is 5.57 Å². The SMILES string of the molecule is COC(=O)C(=Cc1[c]ccc(N)c1)C(=O)OC. The third-order valence-electron chi connectivity index (χ3n) is 1.96. The summed E-state index contributed by atoms with van der Waals surface area (Å²) < 4.78 is 8.97. The quantitative estimate of drug-likeness (QED) is 0.275. The molecule has 1 rings (SSSR count). The summed E-state index contributed by atoms with van der Waals surface area (Å²) in [5.74, 6) is -1.54. The molecule has 1 aromatic carbocycles. The van der Waals surface area contributed by atoms with Crippen LogP contribution in [0.25, 0.3) is 6.08 Å². The number of hydrogen-bond acceptors (Lipinski definition) is 5. The number of nitrogens with two attached hydrogens (primary N) is 1. The molecule has 5 heteroatoms. The second-order valence-electron chi connectivity index (χ2n) is 3.12. The number of nitrogen functional groups attached to an aromatic ring is 1. The number of hydrogen-bond donors (Lipinski definition) is 1. The minimum Gasteiger partial charge on any atom is -0.465 e. The van der Waals surface area contributed by atoms with Crippen molar-refractivity contribution < 1.29 is 19.1 Å². The Morgan fingerprint density at radius 3 is 2.35 bits per heavy atom. The Morgan fingerprint density at radius 1 is 1.29 bits per heavy atom. The van der Waals surface area contributed by atoms with Crippen molar-refractivity contribution in [2.75, 3.05) is 20.0 Å². The van der Waals surface area contributed by atoms with Crippen molar-refractivity contribution in [1.82, 2.24) is 0 Å². The van der Waals surface area contributed by atoms with E-state index in [0.717, 1.165) is 0 Å². The molecule has 0 unspecified atom stereocenters. The van der Waals surface area contributed by atoms with Gasteiger partial charge in [0.1, 0.15) is 5.57 Å². The van der Waals surface area contributed by atoms with Crippen molar-refractivity contribution in [2.45, 2.75) is 0 Å². The van der Waals surface area contributed by atoms with Gasteiger partial charge in [0, 0.05) is 5.69 Å². The second-order valence-corrected chi connectivity index (χ2v) is 3.12. The van der Waals surface area contributed by atoms with Gasteiger partial charge in [0.05, 0.1) is 14.2 Å². The third kappa shape index (κ3) is 3.34. The zero-order valence-corrected chi connectivity index (χ0v) is 9.52. The van der Waals surface area contributed by atoms with Crippen molar-refractivity contribution >= 4 is 23.7 Å². The van der Waals surface area contributed by atoms with Crippen LogP contribution in [0.5, 0.6) is 0 Å². The Bertz CT molecular complexity index is 447. The van der Waals surface area contributed by atoms with Crippen LogP contribution in [0.4, 0.5) is 5.69 Å². The van der Waals surface area contributed by atoms with Gasteiger partial charge in [-0.15, -0.1) is 0 Å². The highest BCUT2D eigenvalue weighted by Crippen LogP contribution is 2.12. The Morgan fingerprint density at radius 2 is 1.88 bits per heavy atom. The normalized spacial score (nSPS) is 9.29. The fraction of sp³-hybridized carbons (Fsp3) is 0.167.